The van der Waals surface area contributed by atoms with E-state index in [2.05, 4.69) is 163 Å². The van der Waals surface area contributed by atoms with Crippen molar-refractivity contribution in [3.05, 3.63) is 109 Å². The van der Waals surface area contributed by atoms with Crippen molar-refractivity contribution in [2.75, 3.05) is 0 Å². The van der Waals surface area contributed by atoms with Gasteiger partial charge in [-0.1, -0.05) is 337 Å². The van der Waals surface area contributed by atoms with E-state index in [9.17, 15) is 0 Å². The number of thiophene rings is 8. The van der Waals surface area contributed by atoms with Crippen LogP contribution in [-0.4, -0.2) is 9.97 Å². The predicted molar refractivity (Wildman–Crippen MR) is 537 cm³/mol. The highest BCUT2D eigenvalue weighted by molar-refractivity contribution is 9.11. The second kappa shape index (κ2) is 60.0. The van der Waals surface area contributed by atoms with Gasteiger partial charge in [0.2, 0.25) is 0 Å². The molecule has 634 valence electrons. The van der Waals surface area contributed by atoms with Gasteiger partial charge in [0.1, 0.15) is 0 Å². The fourth-order valence-electron chi connectivity index (χ4n) is 15.8. The zero-order valence-corrected chi connectivity index (χ0v) is 83.9. The Kier molecular flexibility index (Phi) is 51.4. The van der Waals surface area contributed by atoms with Crippen LogP contribution in [0.5, 0.6) is 0 Å². The Bertz CT molecular complexity index is 3940. The Morgan fingerprint density at radius 1 is 0.254 bits per heavy atom. The van der Waals surface area contributed by atoms with Crippen LogP contribution in [0.1, 0.15) is 417 Å². The highest BCUT2D eigenvalue weighted by atomic mass is 79.9. The summed E-state index contributed by atoms with van der Waals surface area (Å²) < 4.78 is 5.48. The molecule has 10 heterocycles. The normalized spacial score (nSPS) is 11.7. The lowest BCUT2D eigenvalue weighted by molar-refractivity contribution is 0.556. The third-order valence-corrected chi connectivity index (χ3v) is 36.6. The topological polar surface area (TPSA) is 25.8 Å². The molecule has 0 saturated carbocycles. The van der Waals surface area contributed by atoms with Crippen molar-refractivity contribution in [3.63, 3.8) is 0 Å². The summed E-state index contributed by atoms with van der Waals surface area (Å²) >= 11 is 27.2. The van der Waals surface area contributed by atoms with Crippen molar-refractivity contribution in [1.82, 2.24) is 9.97 Å². The van der Waals surface area contributed by atoms with E-state index in [1.807, 2.05) is 90.7 Å². The maximum absolute atomic E-state index is 5.24. The van der Waals surface area contributed by atoms with Crippen LogP contribution in [0.2, 0.25) is 0 Å². The van der Waals surface area contributed by atoms with Crippen molar-refractivity contribution in [3.8, 4) is 48.8 Å². The number of nitrogens with zero attached hydrogens (tertiary/aromatic N) is 2. The van der Waals surface area contributed by atoms with Crippen molar-refractivity contribution in [2.45, 2.75) is 428 Å². The van der Waals surface area contributed by atoms with Gasteiger partial charge in [-0.25, -0.2) is 9.97 Å². The molecule has 0 aliphatic rings. The molecule has 10 aromatic heterocycles. The van der Waals surface area contributed by atoms with E-state index in [-0.39, 0.29) is 0 Å². The minimum atomic E-state index is 1.14. The Hall–Kier alpha value is -1.66. The largest absolute Gasteiger partial charge is 0.240 e. The predicted octanol–water partition coefficient (Wildman–Crippen LogP) is 40.9. The first kappa shape index (κ1) is 97.8. The summed E-state index contributed by atoms with van der Waals surface area (Å²) in [5.41, 5.74) is 8.63. The zero-order valence-electron chi connectivity index (χ0n) is 72.5. The minimum absolute atomic E-state index is 1.14. The van der Waals surface area contributed by atoms with Crippen LogP contribution >= 0.6 is 145 Å². The number of fused-ring (bicyclic) bond motifs is 2. The van der Waals surface area contributed by atoms with E-state index in [1.54, 1.807) is 22.5 Å². The molecule has 10 aromatic rings. The molecule has 2 nitrogen and oxygen atoms in total. The number of rotatable bonds is 63. The minimum Gasteiger partial charge on any atom is -0.240 e. The highest BCUT2D eigenvalue weighted by Gasteiger charge is 2.23. The van der Waals surface area contributed by atoms with Gasteiger partial charge in [-0.05, 0) is 194 Å². The fraction of sp³-hybridized carbons (Fsp3) is 0.660. The molecule has 0 unspecified atom stereocenters. The van der Waals surface area contributed by atoms with Crippen LogP contribution in [0.25, 0.3) is 69.2 Å². The average molecular weight is 1860 g/mol. The monoisotopic (exact) mass is 1860 g/mol. The van der Waals surface area contributed by atoms with Gasteiger partial charge in [0, 0.05) is 64.4 Å². The van der Waals surface area contributed by atoms with Crippen LogP contribution < -0.4 is 0 Å². The number of aryl methyl sites for hydroxylation is 8. The van der Waals surface area contributed by atoms with Crippen LogP contribution in [0.3, 0.4) is 0 Å². The second-order valence-electron chi connectivity index (χ2n) is 33.1. The van der Waals surface area contributed by atoms with E-state index in [0.29, 0.717) is 0 Å². The van der Waals surface area contributed by atoms with Gasteiger partial charge in [0.05, 0.1) is 42.9 Å². The number of halogens is 2. The average Bonchev–Trinajstić information content (AvgIpc) is 1.59. The zero-order chi connectivity index (χ0) is 80.4. The van der Waals surface area contributed by atoms with Crippen LogP contribution in [0.15, 0.2) is 66.9 Å². The lowest BCUT2D eigenvalue weighted by Gasteiger charge is -2.04. The summed E-state index contributed by atoms with van der Waals surface area (Å²) in [4.78, 5) is 27.2. The van der Waals surface area contributed by atoms with Crippen LogP contribution in [0.4, 0.5) is 0 Å². The maximum atomic E-state index is 5.24. The molecule has 0 aliphatic carbocycles. The quantitative estimate of drug-likeness (QED) is 0.0355. The molecule has 0 atom stereocenters. The molecule has 114 heavy (non-hydrogen) atoms. The van der Waals surface area contributed by atoms with Gasteiger partial charge in [0.25, 0.3) is 0 Å². The standard InChI is InChI=1S/C51H77NS5.C36H54Br2S3.C13H19NS2/c1-6-9-12-15-18-20-22-24-26-29-32-41-37-45(53-39(41)4)43-35-36-44(55-43)46-38-42(33-30-27-25-23-21-19-16-13-10-7-2)49(56-46)51-50-48(40(5)54-51)52-47(57-50)34-31-28-17-14-11-8-3;1-3-5-7-9-11-13-15-17-19-21-23-29-27-33(40-35(29)37)31-25-26-32(39-31)34-28-30(36(38)41-34)24-22-20-18-16-14-12-10-8-6-4-2;1-2-3-4-5-6-7-8-13-14-11-9-15-10-12(11)16-13/h35-38H,6-34H2,1-5H3;25-28H,3-24H2,1-2H3;9-10H,2-8H2,1H3. The van der Waals surface area contributed by atoms with E-state index < -0.39 is 0 Å². The van der Waals surface area contributed by atoms with E-state index in [1.165, 1.54) is 474 Å². The summed E-state index contributed by atoms with van der Waals surface area (Å²) in [7, 11) is 0. The van der Waals surface area contributed by atoms with Gasteiger partial charge in [-0.2, -0.15) is 0 Å². The number of aromatic nitrogens is 2. The number of hydrogen-bond acceptors (Lipinski definition) is 12. The molecule has 0 spiro atoms. The van der Waals surface area contributed by atoms with E-state index in [0.717, 1.165) is 6.42 Å². The van der Waals surface area contributed by atoms with Crippen LogP contribution in [0, 0.1) is 13.8 Å². The molecule has 0 radical (unpaired) electrons. The Morgan fingerprint density at radius 3 is 0.939 bits per heavy atom. The van der Waals surface area contributed by atoms with Gasteiger partial charge < -0.3 is 0 Å². The van der Waals surface area contributed by atoms with Crippen molar-refractivity contribution >= 4 is 166 Å². The number of unbranched alkanes of at least 4 members (excludes halogenated alkanes) is 46. The summed E-state index contributed by atoms with van der Waals surface area (Å²) in [5.74, 6) is 0. The first-order chi connectivity index (χ1) is 56.0. The van der Waals surface area contributed by atoms with Gasteiger partial charge in [0.15, 0.2) is 0 Å². The summed E-state index contributed by atoms with van der Waals surface area (Å²) in [5, 5.41) is 7.03. The SMILES string of the molecule is CCCCCCCCCCCCc1cc(-c2ccc(-c3cc(CCCCCCCCCCCC)c(-c4sc(C)c5nc(CCCCCCCC)sc45)s3)s2)sc1C.CCCCCCCCCCCCc1cc(-c2ccc(-c3cc(CCCCCCCCCCCC)c(Br)s3)s2)sc1Br.CCCCCCCCc1nc2cscc2s1. The molecule has 0 aliphatic heterocycles. The van der Waals surface area contributed by atoms with Crippen LogP contribution in [-0.2, 0) is 38.5 Å². The van der Waals surface area contributed by atoms with E-state index in [4.69, 9.17) is 4.98 Å². The van der Waals surface area contributed by atoms with Crippen molar-refractivity contribution in [2.24, 2.45) is 0 Å². The second-order valence-corrected chi connectivity index (χ2v) is 46.5. The molecule has 0 aromatic carbocycles. The van der Waals surface area contributed by atoms with Crippen molar-refractivity contribution < 1.29 is 0 Å². The van der Waals surface area contributed by atoms with E-state index >= 15 is 0 Å². The molecule has 14 heteroatoms. The van der Waals surface area contributed by atoms with Gasteiger partial charge >= 0.3 is 0 Å². The molecule has 0 amide bonds. The van der Waals surface area contributed by atoms with Gasteiger partial charge in [-0.3, -0.25) is 0 Å². The summed E-state index contributed by atoms with van der Waals surface area (Å²) in [6, 6.07) is 19.5. The lowest BCUT2D eigenvalue weighted by Crippen LogP contribution is -1.87. The Morgan fingerprint density at radius 2 is 0.561 bits per heavy atom. The molecule has 0 fully saturated rings. The molecule has 10 rings (SSSR count). The number of hydrogen-bond donors (Lipinski definition) is 0. The molecular weight excluding hydrogens is 1710 g/mol. The molecule has 0 saturated heterocycles. The molecular formula is C100H150Br2N2S10. The van der Waals surface area contributed by atoms with Gasteiger partial charge in [-0.15, -0.1) is 113 Å². The summed E-state index contributed by atoms with van der Waals surface area (Å²) in [6.07, 6.45) is 79.3. The highest BCUT2D eigenvalue weighted by Crippen LogP contribution is 2.51. The smallest absolute Gasteiger partial charge is 0.0958 e. The Labute approximate surface area is 753 Å². The third-order valence-electron chi connectivity index (χ3n) is 23.0. The lowest BCUT2D eigenvalue weighted by atomic mass is 10.0. The molecule has 0 N–H and O–H groups in total. The summed E-state index contributed by atoms with van der Waals surface area (Å²) in [6.45, 7) is 18.4. The Balaban J connectivity index is 0.000000246. The third kappa shape index (κ3) is 36.4. The maximum Gasteiger partial charge on any atom is 0.0958 e. The first-order valence-corrected chi connectivity index (χ1v) is 56.6. The first-order valence-electron chi connectivity index (χ1n) is 46.7. The number of thiazole rings is 2. The van der Waals surface area contributed by atoms with Crippen molar-refractivity contribution in [1.29, 1.82) is 0 Å². The fourth-order valence-corrected chi connectivity index (χ4v) is 28.5. The molecule has 0 bridgehead atoms.